The number of carbonyl (C=O) groups excluding carboxylic acids is 2. The Labute approximate surface area is 176 Å². The number of anilines is 1. The lowest BCUT2D eigenvalue weighted by Gasteiger charge is -2.27. The van der Waals surface area contributed by atoms with Crippen molar-refractivity contribution < 1.29 is 9.59 Å². The summed E-state index contributed by atoms with van der Waals surface area (Å²) in [5.74, 6) is -0.460. The molecule has 0 radical (unpaired) electrons. The van der Waals surface area contributed by atoms with Crippen LogP contribution in [0.2, 0.25) is 0 Å². The summed E-state index contributed by atoms with van der Waals surface area (Å²) in [5.41, 5.74) is 5.55. The topological polar surface area (TPSA) is 49.4 Å². The van der Waals surface area contributed by atoms with Gasteiger partial charge >= 0.3 is 0 Å². The van der Waals surface area contributed by atoms with Gasteiger partial charge in [-0.2, -0.15) is 0 Å². The number of nitrogens with one attached hydrogen (secondary N) is 1. The van der Waals surface area contributed by atoms with Crippen LogP contribution in [-0.4, -0.2) is 24.4 Å². The number of rotatable bonds is 5. The minimum absolute atomic E-state index is 0.230. The number of fused-ring (bicyclic) bond motifs is 2. The van der Waals surface area contributed by atoms with Crippen molar-refractivity contribution in [2.75, 3.05) is 11.4 Å². The third-order valence-corrected chi connectivity index (χ3v) is 6.16. The third kappa shape index (κ3) is 3.44. The van der Waals surface area contributed by atoms with E-state index in [2.05, 4.69) is 35.6 Å². The van der Waals surface area contributed by atoms with E-state index in [4.69, 9.17) is 0 Å². The molecule has 1 heterocycles. The maximum Gasteiger partial charge on any atom is 0.266 e. The lowest BCUT2D eigenvalue weighted by atomic mass is 9.87. The maximum absolute atomic E-state index is 12.8. The Morgan fingerprint density at radius 2 is 1.53 bits per heavy atom. The van der Waals surface area contributed by atoms with Crippen molar-refractivity contribution in [2.45, 2.75) is 31.7 Å². The first-order chi connectivity index (χ1) is 14.7. The van der Waals surface area contributed by atoms with Gasteiger partial charge in [0.15, 0.2) is 0 Å². The molecular weight excluding hydrogens is 372 g/mol. The van der Waals surface area contributed by atoms with Gasteiger partial charge < -0.3 is 5.32 Å². The first-order valence-electron chi connectivity index (χ1n) is 10.6. The van der Waals surface area contributed by atoms with Gasteiger partial charge in [-0.25, -0.2) is 4.90 Å². The largest absolute Gasteiger partial charge is 0.313 e. The predicted octanol–water partition coefficient (Wildman–Crippen LogP) is 4.18. The number of nitrogens with zero attached hydrogens (tertiary/aromatic N) is 1. The Balaban J connectivity index is 1.26. The van der Waals surface area contributed by atoms with Gasteiger partial charge in [-0.3, -0.25) is 9.59 Å². The molecule has 150 valence electrons. The SMILES string of the molecule is O=C1c2ccccc2C(=O)N1c1ccc2c(c1)CCC(NCCc1ccccc1)C2. The molecule has 0 bridgehead atoms. The molecule has 1 aliphatic heterocycles. The highest BCUT2D eigenvalue weighted by atomic mass is 16.2. The summed E-state index contributed by atoms with van der Waals surface area (Å²) in [5, 5.41) is 3.69. The van der Waals surface area contributed by atoms with E-state index in [0.29, 0.717) is 22.9 Å². The first kappa shape index (κ1) is 18.8. The fourth-order valence-electron chi connectivity index (χ4n) is 4.54. The molecule has 2 aliphatic rings. The van der Waals surface area contributed by atoms with Gasteiger partial charge in [0.05, 0.1) is 16.8 Å². The summed E-state index contributed by atoms with van der Waals surface area (Å²) >= 11 is 0. The van der Waals surface area contributed by atoms with Crippen molar-refractivity contribution in [1.29, 1.82) is 0 Å². The Bertz CT molecular complexity index is 1070. The van der Waals surface area contributed by atoms with E-state index < -0.39 is 0 Å². The van der Waals surface area contributed by atoms with Crippen LogP contribution < -0.4 is 10.2 Å². The smallest absolute Gasteiger partial charge is 0.266 e. The van der Waals surface area contributed by atoms with E-state index in [1.54, 1.807) is 24.3 Å². The highest BCUT2D eigenvalue weighted by Gasteiger charge is 2.36. The fraction of sp³-hybridized carbons (Fsp3) is 0.231. The van der Waals surface area contributed by atoms with E-state index in [-0.39, 0.29) is 11.8 Å². The molecule has 4 heteroatoms. The maximum atomic E-state index is 12.8. The summed E-state index contributed by atoms with van der Waals surface area (Å²) in [6.45, 7) is 0.969. The molecule has 2 amide bonds. The molecule has 30 heavy (non-hydrogen) atoms. The van der Waals surface area contributed by atoms with Gasteiger partial charge in [-0.05, 0) is 73.2 Å². The van der Waals surface area contributed by atoms with Crippen molar-refractivity contribution in [2.24, 2.45) is 0 Å². The van der Waals surface area contributed by atoms with Crippen LogP contribution in [-0.2, 0) is 19.3 Å². The van der Waals surface area contributed by atoms with Gasteiger partial charge in [0.2, 0.25) is 0 Å². The molecule has 1 atom stereocenters. The number of carbonyl (C=O) groups is 2. The van der Waals surface area contributed by atoms with Crippen LogP contribution >= 0.6 is 0 Å². The van der Waals surface area contributed by atoms with Crippen molar-refractivity contribution in [3.8, 4) is 0 Å². The van der Waals surface area contributed by atoms with Crippen LogP contribution in [0.1, 0.15) is 43.8 Å². The average molecular weight is 396 g/mol. The summed E-state index contributed by atoms with van der Waals surface area (Å²) in [6, 6.07) is 24.1. The molecule has 3 aromatic carbocycles. The molecule has 1 unspecified atom stereocenters. The van der Waals surface area contributed by atoms with Crippen LogP contribution in [0, 0.1) is 0 Å². The Morgan fingerprint density at radius 1 is 0.833 bits per heavy atom. The molecule has 1 aliphatic carbocycles. The van der Waals surface area contributed by atoms with E-state index >= 15 is 0 Å². The number of aryl methyl sites for hydroxylation is 1. The van der Waals surface area contributed by atoms with Crippen molar-refractivity contribution in [3.05, 3.63) is 101 Å². The van der Waals surface area contributed by atoms with E-state index in [0.717, 1.165) is 32.2 Å². The normalized spacial score (nSPS) is 17.7. The molecule has 4 nitrogen and oxygen atoms in total. The molecule has 0 saturated heterocycles. The second-order valence-corrected chi connectivity index (χ2v) is 8.07. The molecule has 0 saturated carbocycles. The van der Waals surface area contributed by atoms with Gasteiger partial charge in [0.1, 0.15) is 0 Å². The third-order valence-electron chi connectivity index (χ3n) is 6.16. The highest BCUT2D eigenvalue weighted by Crippen LogP contribution is 2.31. The Hall–Kier alpha value is -3.24. The monoisotopic (exact) mass is 396 g/mol. The average Bonchev–Trinajstić information content (AvgIpc) is 3.04. The number of hydrogen-bond acceptors (Lipinski definition) is 3. The molecule has 0 spiro atoms. The summed E-state index contributed by atoms with van der Waals surface area (Å²) < 4.78 is 0. The number of benzene rings is 3. The standard InChI is InChI=1S/C26H24N2O2/c29-25-23-8-4-5-9-24(23)26(30)28(25)22-13-11-19-16-21(12-10-20(19)17-22)27-15-14-18-6-2-1-3-7-18/h1-9,11,13,17,21,27H,10,12,14-16H2. The number of amides is 2. The van der Waals surface area contributed by atoms with E-state index in [1.165, 1.54) is 21.6 Å². The van der Waals surface area contributed by atoms with Crippen molar-refractivity contribution in [1.82, 2.24) is 5.32 Å². The molecular formula is C26H24N2O2. The second-order valence-electron chi connectivity index (χ2n) is 8.07. The van der Waals surface area contributed by atoms with Crippen LogP contribution in [0.3, 0.4) is 0 Å². The van der Waals surface area contributed by atoms with Crippen LogP contribution in [0.25, 0.3) is 0 Å². The zero-order valence-electron chi connectivity index (χ0n) is 16.8. The predicted molar refractivity (Wildman–Crippen MR) is 118 cm³/mol. The number of hydrogen-bond donors (Lipinski definition) is 1. The van der Waals surface area contributed by atoms with Crippen molar-refractivity contribution >= 4 is 17.5 Å². The molecule has 3 aromatic rings. The Kier molecular flexibility index (Phi) is 4.93. The van der Waals surface area contributed by atoms with Gasteiger partial charge in [-0.1, -0.05) is 48.5 Å². The van der Waals surface area contributed by atoms with E-state index in [9.17, 15) is 9.59 Å². The summed E-state index contributed by atoms with van der Waals surface area (Å²) in [6.07, 6.45) is 4.03. The fourth-order valence-corrected chi connectivity index (χ4v) is 4.54. The summed E-state index contributed by atoms with van der Waals surface area (Å²) in [7, 11) is 0. The van der Waals surface area contributed by atoms with Crippen molar-refractivity contribution in [3.63, 3.8) is 0 Å². The molecule has 5 rings (SSSR count). The lowest BCUT2D eigenvalue weighted by molar-refractivity contribution is 0.0926. The van der Waals surface area contributed by atoms with Gasteiger partial charge in [-0.15, -0.1) is 0 Å². The minimum atomic E-state index is -0.230. The molecule has 0 aromatic heterocycles. The van der Waals surface area contributed by atoms with Crippen LogP contribution in [0.5, 0.6) is 0 Å². The van der Waals surface area contributed by atoms with Gasteiger partial charge in [0.25, 0.3) is 11.8 Å². The zero-order chi connectivity index (χ0) is 20.5. The first-order valence-corrected chi connectivity index (χ1v) is 10.6. The Morgan fingerprint density at radius 3 is 2.27 bits per heavy atom. The van der Waals surface area contributed by atoms with Crippen LogP contribution in [0.15, 0.2) is 72.8 Å². The van der Waals surface area contributed by atoms with Gasteiger partial charge in [0, 0.05) is 6.04 Å². The lowest BCUT2D eigenvalue weighted by Crippen LogP contribution is -2.36. The zero-order valence-corrected chi connectivity index (χ0v) is 16.8. The summed E-state index contributed by atoms with van der Waals surface area (Å²) in [4.78, 5) is 26.8. The molecule has 0 fully saturated rings. The minimum Gasteiger partial charge on any atom is -0.313 e. The quantitative estimate of drug-likeness (QED) is 0.659. The highest BCUT2D eigenvalue weighted by molar-refractivity contribution is 6.34. The second kappa shape index (κ2) is 7.88. The van der Waals surface area contributed by atoms with E-state index in [1.807, 2.05) is 18.2 Å². The van der Waals surface area contributed by atoms with Crippen LogP contribution in [0.4, 0.5) is 5.69 Å². The molecule has 1 N–H and O–H groups in total. The number of imide groups is 1.